The van der Waals surface area contributed by atoms with Crippen molar-refractivity contribution in [3.63, 3.8) is 0 Å². The molecule has 1 aromatic heterocycles. The van der Waals surface area contributed by atoms with E-state index in [0.717, 1.165) is 35.7 Å². The van der Waals surface area contributed by atoms with Crippen LogP contribution in [0.5, 0.6) is 17.4 Å². The first kappa shape index (κ1) is 27.7. The van der Waals surface area contributed by atoms with Crippen LogP contribution in [0.25, 0.3) is 0 Å². The lowest BCUT2D eigenvalue weighted by Crippen LogP contribution is -2.20. The van der Waals surface area contributed by atoms with Gasteiger partial charge >= 0.3 is 0 Å². The Balaban J connectivity index is 1.57. The van der Waals surface area contributed by atoms with Gasteiger partial charge in [0.15, 0.2) is 5.75 Å². The number of aromatic nitrogens is 2. The van der Waals surface area contributed by atoms with Crippen LogP contribution < -0.4 is 19.5 Å². The summed E-state index contributed by atoms with van der Waals surface area (Å²) in [7, 11) is 1.60. The van der Waals surface area contributed by atoms with E-state index in [-0.39, 0.29) is 11.3 Å². The van der Waals surface area contributed by atoms with Crippen LogP contribution in [0, 0.1) is 6.92 Å². The molecule has 8 nitrogen and oxygen atoms in total. The average molecular weight is 536 g/mol. The van der Waals surface area contributed by atoms with Crippen molar-refractivity contribution in [2.75, 3.05) is 36.5 Å². The molecular weight excluding hydrogens is 498 g/mol. The minimum atomic E-state index is -0.258. The standard InChI is InChI=1S/C29H37N5O3S/c1-19-9-10-20(15-24(19)37-26-11-12-30-25(32-26)18-34-13-7-8-14-34)28(35)31-22-16-21(29(2,3)4)17-23(33-38-6)27(22)36-5/h9-12,15-17,33H,7-8,13-14,18H2,1-6H3,(H,31,35). The number of carbonyl (C=O) groups excluding carboxylic acids is 1. The molecule has 2 aromatic carbocycles. The van der Waals surface area contributed by atoms with Crippen molar-refractivity contribution >= 4 is 29.2 Å². The number of ether oxygens (including phenoxy) is 2. The van der Waals surface area contributed by atoms with Crippen molar-refractivity contribution in [2.45, 2.75) is 52.5 Å². The molecule has 9 heteroatoms. The molecule has 0 spiro atoms. The number of benzene rings is 2. The van der Waals surface area contributed by atoms with Gasteiger partial charge in [-0.15, -0.1) is 0 Å². The van der Waals surface area contributed by atoms with Crippen molar-refractivity contribution in [3.05, 3.63) is 65.1 Å². The van der Waals surface area contributed by atoms with Crippen LogP contribution >= 0.6 is 11.9 Å². The smallest absolute Gasteiger partial charge is 0.255 e. The van der Waals surface area contributed by atoms with Crippen LogP contribution in [0.2, 0.25) is 0 Å². The largest absolute Gasteiger partial charge is 0.492 e. The van der Waals surface area contributed by atoms with Gasteiger partial charge in [-0.1, -0.05) is 38.8 Å². The number of methoxy groups -OCH3 is 1. The molecule has 2 heterocycles. The Hall–Kier alpha value is -3.30. The molecule has 0 aliphatic carbocycles. The van der Waals surface area contributed by atoms with E-state index in [1.54, 1.807) is 31.5 Å². The van der Waals surface area contributed by atoms with Crippen LogP contribution in [0.15, 0.2) is 42.6 Å². The first-order valence-electron chi connectivity index (χ1n) is 12.8. The fourth-order valence-corrected chi connectivity index (χ4v) is 4.74. The molecule has 0 saturated carbocycles. The lowest BCUT2D eigenvalue weighted by atomic mass is 9.86. The third-order valence-corrected chi connectivity index (χ3v) is 6.95. The summed E-state index contributed by atoms with van der Waals surface area (Å²) in [5.41, 5.74) is 3.75. The van der Waals surface area contributed by atoms with Crippen molar-refractivity contribution in [2.24, 2.45) is 0 Å². The zero-order valence-corrected chi connectivity index (χ0v) is 23.9. The Morgan fingerprint density at radius 3 is 2.53 bits per heavy atom. The zero-order chi connectivity index (χ0) is 27.3. The molecule has 0 atom stereocenters. The van der Waals surface area contributed by atoms with E-state index in [1.807, 2.05) is 25.3 Å². The summed E-state index contributed by atoms with van der Waals surface area (Å²) in [4.78, 5) is 24.7. The minimum Gasteiger partial charge on any atom is -0.492 e. The van der Waals surface area contributed by atoms with E-state index in [0.29, 0.717) is 35.2 Å². The molecule has 1 aliphatic rings. The fourth-order valence-electron chi connectivity index (χ4n) is 4.37. The Bertz CT molecular complexity index is 1290. The Morgan fingerprint density at radius 1 is 1.11 bits per heavy atom. The molecule has 0 radical (unpaired) electrons. The second-order valence-electron chi connectivity index (χ2n) is 10.5. The molecule has 38 heavy (non-hydrogen) atoms. The first-order valence-corrected chi connectivity index (χ1v) is 14.1. The van der Waals surface area contributed by atoms with Crippen molar-refractivity contribution in [3.8, 4) is 17.4 Å². The molecule has 2 N–H and O–H groups in total. The molecule has 202 valence electrons. The van der Waals surface area contributed by atoms with Gasteiger partial charge in [0.05, 0.1) is 25.0 Å². The minimum absolute atomic E-state index is 0.114. The number of rotatable bonds is 9. The third-order valence-electron chi connectivity index (χ3n) is 6.53. The Kier molecular flexibility index (Phi) is 8.79. The summed E-state index contributed by atoms with van der Waals surface area (Å²) in [5, 5.41) is 3.05. The van der Waals surface area contributed by atoms with Crippen LogP contribution in [0.3, 0.4) is 0 Å². The van der Waals surface area contributed by atoms with E-state index >= 15 is 0 Å². The number of aryl methyl sites for hydroxylation is 1. The van der Waals surface area contributed by atoms with Crippen molar-refractivity contribution < 1.29 is 14.3 Å². The second kappa shape index (κ2) is 12.0. The van der Waals surface area contributed by atoms with Gasteiger partial charge in [-0.2, -0.15) is 4.98 Å². The summed E-state index contributed by atoms with van der Waals surface area (Å²) in [6, 6.07) is 11.2. The van der Waals surface area contributed by atoms with Gasteiger partial charge in [0.1, 0.15) is 11.6 Å². The van der Waals surface area contributed by atoms with E-state index in [2.05, 4.69) is 51.7 Å². The second-order valence-corrected chi connectivity index (χ2v) is 11.1. The predicted octanol–water partition coefficient (Wildman–Crippen LogP) is 6.42. The number of nitrogens with one attached hydrogen (secondary N) is 2. The number of amides is 1. The van der Waals surface area contributed by atoms with Gasteiger partial charge in [-0.05, 0) is 73.7 Å². The quantitative estimate of drug-likeness (QED) is 0.304. The highest BCUT2D eigenvalue weighted by Crippen LogP contribution is 2.40. The van der Waals surface area contributed by atoms with E-state index in [4.69, 9.17) is 9.47 Å². The number of carbonyl (C=O) groups is 1. The number of hydrogen-bond donors (Lipinski definition) is 2. The van der Waals surface area contributed by atoms with Crippen molar-refractivity contribution in [1.29, 1.82) is 0 Å². The molecule has 1 saturated heterocycles. The summed E-state index contributed by atoms with van der Waals surface area (Å²) in [6.45, 7) is 11.2. The van der Waals surface area contributed by atoms with E-state index in [1.165, 1.54) is 24.8 Å². The number of likely N-dealkylation sites (tertiary alicyclic amines) is 1. The highest BCUT2D eigenvalue weighted by molar-refractivity contribution is 7.99. The predicted molar refractivity (Wildman–Crippen MR) is 155 cm³/mol. The van der Waals surface area contributed by atoms with E-state index < -0.39 is 0 Å². The molecule has 3 aromatic rings. The SMILES string of the molecule is COc1c(NSC)cc(C(C)(C)C)cc1NC(=O)c1ccc(C)c(Oc2ccnc(CN3CCCC3)n2)c1. The van der Waals surface area contributed by atoms with Gasteiger partial charge < -0.3 is 19.5 Å². The summed E-state index contributed by atoms with van der Waals surface area (Å²) in [5.74, 6) is 2.09. The third kappa shape index (κ3) is 6.76. The van der Waals surface area contributed by atoms with Gasteiger partial charge in [-0.25, -0.2) is 4.98 Å². The molecule has 1 aliphatic heterocycles. The highest BCUT2D eigenvalue weighted by Gasteiger charge is 2.21. The van der Waals surface area contributed by atoms with Crippen LogP contribution in [-0.4, -0.2) is 47.2 Å². The topological polar surface area (TPSA) is 88.6 Å². The van der Waals surface area contributed by atoms with Crippen LogP contribution in [-0.2, 0) is 12.0 Å². The lowest BCUT2D eigenvalue weighted by molar-refractivity contribution is 0.102. The monoisotopic (exact) mass is 535 g/mol. The van der Waals surface area contributed by atoms with Gasteiger partial charge in [0, 0.05) is 24.1 Å². The molecular formula is C29H37N5O3S. The maximum absolute atomic E-state index is 13.4. The van der Waals surface area contributed by atoms with Gasteiger partial charge in [0.2, 0.25) is 5.88 Å². The average Bonchev–Trinajstić information content (AvgIpc) is 3.38. The van der Waals surface area contributed by atoms with Crippen LogP contribution in [0.4, 0.5) is 11.4 Å². The Labute approximate surface area is 229 Å². The molecule has 0 bridgehead atoms. The van der Waals surface area contributed by atoms with Gasteiger partial charge in [0.25, 0.3) is 5.91 Å². The molecule has 0 unspecified atom stereocenters. The zero-order valence-electron chi connectivity index (χ0n) is 23.1. The van der Waals surface area contributed by atoms with E-state index in [9.17, 15) is 4.79 Å². The normalized spacial score (nSPS) is 13.8. The lowest BCUT2D eigenvalue weighted by Gasteiger charge is -2.24. The molecule has 1 amide bonds. The summed E-state index contributed by atoms with van der Waals surface area (Å²) >= 11 is 1.47. The maximum atomic E-state index is 13.4. The first-order chi connectivity index (χ1) is 18.2. The van der Waals surface area contributed by atoms with Crippen molar-refractivity contribution in [1.82, 2.24) is 14.9 Å². The summed E-state index contributed by atoms with van der Waals surface area (Å²) in [6.07, 6.45) is 6.09. The highest BCUT2D eigenvalue weighted by atomic mass is 32.2. The molecule has 4 rings (SSSR count). The number of nitrogens with zero attached hydrogens (tertiary/aromatic N) is 3. The fraction of sp³-hybridized carbons (Fsp3) is 0.414. The van der Waals surface area contributed by atoms with Crippen LogP contribution in [0.1, 0.15) is 60.9 Å². The number of hydrogen-bond acceptors (Lipinski definition) is 8. The Morgan fingerprint density at radius 2 is 1.84 bits per heavy atom. The number of anilines is 2. The summed E-state index contributed by atoms with van der Waals surface area (Å²) < 4.78 is 15.1. The maximum Gasteiger partial charge on any atom is 0.255 e. The molecule has 1 fully saturated rings. The van der Waals surface area contributed by atoms with Gasteiger partial charge in [-0.3, -0.25) is 9.69 Å².